The first kappa shape index (κ1) is 15.0. The molecule has 5 atom stereocenters. The molecule has 1 saturated heterocycles. The molecule has 1 fully saturated rings. The standard InChI is InChI=1S/C16H27NOS/c1-6-13-7-8-14(19-13)9-15(17-5)16-10(2)11(3)18-12(16)4/h7-8,10-12,15-17H,6,9H2,1-5H3. The van der Waals surface area contributed by atoms with Crippen molar-refractivity contribution in [2.45, 2.75) is 58.8 Å². The number of rotatable bonds is 5. The third kappa shape index (κ3) is 3.21. The number of nitrogens with one attached hydrogen (secondary N) is 1. The van der Waals surface area contributed by atoms with E-state index in [0.29, 0.717) is 30.1 Å². The van der Waals surface area contributed by atoms with Gasteiger partial charge in [-0.05, 0) is 51.8 Å². The van der Waals surface area contributed by atoms with Crippen molar-refractivity contribution in [3.63, 3.8) is 0 Å². The minimum Gasteiger partial charge on any atom is -0.375 e. The molecule has 1 aromatic heterocycles. The lowest BCUT2D eigenvalue weighted by molar-refractivity contribution is 0.0479. The van der Waals surface area contributed by atoms with Crippen molar-refractivity contribution in [3.8, 4) is 0 Å². The van der Waals surface area contributed by atoms with Crippen molar-refractivity contribution in [2.24, 2.45) is 11.8 Å². The Labute approximate surface area is 121 Å². The van der Waals surface area contributed by atoms with E-state index in [0.717, 1.165) is 12.8 Å². The second kappa shape index (κ2) is 6.38. The smallest absolute Gasteiger partial charge is 0.0597 e. The predicted molar refractivity (Wildman–Crippen MR) is 82.9 cm³/mol. The van der Waals surface area contributed by atoms with E-state index in [9.17, 15) is 0 Å². The van der Waals surface area contributed by atoms with E-state index >= 15 is 0 Å². The molecule has 0 radical (unpaired) electrons. The van der Waals surface area contributed by atoms with Crippen LogP contribution in [0.25, 0.3) is 0 Å². The minimum absolute atomic E-state index is 0.355. The van der Waals surface area contributed by atoms with Crippen LogP contribution in [0.5, 0.6) is 0 Å². The summed E-state index contributed by atoms with van der Waals surface area (Å²) in [7, 11) is 2.08. The van der Waals surface area contributed by atoms with Crippen LogP contribution in [0.1, 0.15) is 37.4 Å². The highest BCUT2D eigenvalue weighted by molar-refractivity contribution is 7.11. The second-order valence-electron chi connectivity index (χ2n) is 5.80. The van der Waals surface area contributed by atoms with E-state index in [1.54, 1.807) is 0 Å². The van der Waals surface area contributed by atoms with Crippen LogP contribution in [0.15, 0.2) is 12.1 Å². The summed E-state index contributed by atoms with van der Waals surface area (Å²) in [6.07, 6.45) is 3.00. The van der Waals surface area contributed by atoms with Crippen molar-refractivity contribution in [3.05, 3.63) is 21.9 Å². The number of aryl methyl sites for hydroxylation is 1. The lowest BCUT2D eigenvalue weighted by Gasteiger charge is -2.28. The molecule has 2 heterocycles. The topological polar surface area (TPSA) is 21.3 Å². The first-order valence-electron chi connectivity index (χ1n) is 7.47. The van der Waals surface area contributed by atoms with Crippen molar-refractivity contribution < 1.29 is 4.74 Å². The summed E-state index contributed by atoms with van der Waals surface area (Å²) in [6.45, 7) is 8.98. The molecule has 5 unspecified atom stereocenters. The van der Waals surface area contributed by atoms with Crippen molar-refractivity contribution in [1.29, 1.82) is 0 Å². The van der Waals surface area contributed by atoms with Gasteiger partial charge in [-0.1, -0.05) is 13.8 Å². The number of thiophene rings is 1. The van der Waals surface area contributed by atoms with E-state index in [-0.39, 0.29) is 0 Å². The van der Waals surface area contributed by atoms with E-state index in [4.69, 9.17) is 4.74 Å². The second-order valence-corrected chi connectivity index (χ2v) is 7.06. The van der Waals surface area contributed by atoms with Gasteiger partial charge in [-0.25, -0.2) is 0 Å². The van der Waals surface area contributed by atoms with Gasteiger partial charge < -0.3 is 10.1 Å². The summed E-state index contributed by atoms with van der Waals surface area (Å²) in [5.41, 5.74) is 0. The summed E-state index contributed by atoms with van der Waals surface area (Å²) in [6, 6.07) is 5.08. The van der Waals surface area contributed by atoms with Gasteiger partial charge >= 0.3 is 0 Å². The summed E-state index contributed by atoms with van der Waals surface area (Å²) >= 11 is 1.96. The molecule has 108 valence electrons. The molecule has 0 spiro atoms. The molecule has 0 amide bonds. The molecule has 1 N–H and O–H groups in total. The van der Waals surface area contributed by atoms with Gasteiger partial charge in [0.15, 0.2) is 0 Å². The molecular formula is C16H27NOS. The molecule has 2 rings (SSSR count). The largest absolute Gasteiger partial charge is 0.375 e. The van der Waals surface area contributed by atoms with Crippen LogP contribution in [-0.4, -0.2) is 25.3 Å². The van der Waals surface area contributed by atoms with Gasteiger partial charge in [0.05, 0.1) is 12.2 Å². The molecule has 1 aromatic rings. The van der Waals surface area contributed by atoms with Crippen molar-refractivity contribution >= 4 is 11.3 Å². The Kier molecular flexibility index (Phi) is 5.04. The normalized spacial score (nSPS) is 32.7. The molecule has 3 heteroatoms. The van der Waals surface area contributed by atoms with Crippen LogP contribution >= 0.6 is 11.3 Å². The average molecular weight is 281 g/mol. The summed E-state index contributed by atoms with van der Waals surface area (Å²) < 4.78 is 6.00. The highest BCUT2D eigenvalue weighted by Crippen LogP contribution is 2.36. The molecule has 0 saturated carbocycles. The third-order valence-electron chi connectivity index (χ3n) is 4.64. The maximum atomic E-state index is 6.00. The maximum absolute atomic E-state index is 6.00. The highest BCUT2D eigenvalue weighted by Gasteiger charge is 2.41. The summed E-state index contributed by atoms with van der Waals surface area (Å²) in [5, 5.41) is 3.53. The van der Waals surface area contributed by atoms with E-state index < -0.39 is 0 Å². The van der Waals surface area contributed by atoms with Gasteiger partial charge in [-0.15, -0.1) is 11.3 Å². The van der Waals surface area contributed by atoms with Crippen molar-refractivity contribution in [2.75, 3.05) is 7.05 Å². The Morgan fingerprint density at radius 1 is 1.21 bits per heavy atom. The fourth-order valence-corrected chi connectivity index (χ4v) is 4.37. The van der Waals surface area contributed by atoms with Crippen LogP contribution in [0.3, 0.4) is 0 Å². The molecule has 0 aromatic carbocycles. The molecular weight excluding hydrogens is 254 g/mol. The van der Waals surface area contributed by atoms with E-state index in [2.05, 4.69) is 52.2 Å². The Balaban J connectivity index is 2.07. The van der Waals surface area contributed by atoms with Gasteiger partial charge in [-0.3, -0.25) is 0 Å². The van der Waals surface area contributed by atoms with Crippen LogP contribution in [0.4, 0.5) is 0 Å². The molecule has 1 aliphatic rings. The van der Waals surface area contributed by atoms with E-state index in [1.165, 1.54) is 9.75 Å². The number of likely N-dealkylation sites (N-methyl/N-ethyl adjacent to an activating group) is 1. The number of ether oxygens (including phenoxy) is 1. The van der Waals surface area contributed by atoms with Gasteiger partial charge in [0.25, 0.3) is 0 Å². The fourth-order valence-electron chi connectivity index (χ4n) is 3.36. The Morgan fingerprint density at radius 3 is 2.37 bits per heavy atom. The lowest BCUT2D eigenvalue weighted by atomic mass is 9.82. The van der Waals surface area contributed by atoms with Crippen LogP contribution in [0.2, 0.25) is 0 Å². The highest BCUT2D eigenvalue weighted by atomic mass is 32.1. The van der Waals surface area contributed by atoms with Gasteiger partial charge in [0.2, 0.25) is 0 Å². The zero-order valence-corrected chi connectivity index (χ0v) is 13.6. The zero-order chi connectivity index (χ0) is 14.0. The average Bonchev–Trinajstić information content (AvgIpc) is 2.93. The third-order valence-corrected chi connectivity index (χ3v) is 5.89. The molecule has 0 bridgehead atoms. The molecule has 2 nitrogen and oxygen atoms in total. The predicted octanol–water partition coefficient (Wildman–Crippen LogP) is 3.50. The van der Waals surface area contributed by atoms with Gasteiger partial charge in [0, 0.05) is 21.7 Å². The van der Waals surface area contributed by atoms with Crippen LogP contribution in [-0.2, 0) is 17.6 Å². The number of hydrogen-bond donors (Lipinski definition) is 1. The SMILES string of the molecule is CCc1ccc(CC(NC)C2C(C)OC(C)C2C)s1. The van der Waals surface area contributed by atoms with Gasteiger partial charge in [-0.2, -0.15) is 0 Å². The zero-order valence-electron chi connectivity index (χ0n) is 12.8. The molecule has 19 heavy (non-hydrogen) atoms. The number of hydrogen-bond acceptors (Lipinski definition) is 3. The quantitative estimate of drug-likeness (QED) is 0.892. The van der Waals surface area contributed by atoms with Crippen molar-refractivity contribution in [1.82, 2.24) is 5.32 Å². The maximum Gasteiger partial charge on any atom is 0.0597 e. The molecule has 1 aliphatic heterocycles. The molecule has 0 aliphatic carbocycles. The van der Waals surface area contributed by atoms with Gasteiger partial charge in [0.1, 0.15) is 0 Å². The van der Waals surface area contributed by atoms with E-state index in [1.807, 2.05) is 11.3 Å². The van der Waals surface area contributed by atoms with Crippen LogP contribution in [0, 0.1) is 11.8 Å². The first-order valence-corrected chi connectivity index (χ1v) is 8.28. The Bertz CT molecular complexity index is 403. The fraction of sp³-hybridized carbons (Fsp3) is 0.750. The minimum atomic E-state index is 0.355. The first-order chi connectivity index (χ1) is 9.06. The Morgan fingerprint density at radius 2 is 1.89 bits per heavy atom. The summed E-state index contributed by atoms with van der Waals surface area (Å²) in [5.74, 6) is 1.23. The lowest BCUT2D eigenvalue weighted by Crippen LogP contribution is -2.41. The Hall–Kier alpha value is -0.380. The summed E-state index contributed by atoms with van der Waals surface area (Å²) in [4.78, 5) is 2.98. The van der Waals surface area contributed by atoms with Crippen LogP contribution < -0.4 is 5.32 Å². The monoisotopic (exact) mass is 281 g/mol.